The lowest BCUT2D eigenvalue weighted by molar-refractivity contribution is -0.148. The molecule has 4 atom stereocenters. The molecule has 0 bridgehead atoms. The Balaban J connectivity index is 1.02. The van der Waals surface area contributed by atoms with E-state index in [1.54, 1.807) is 24.6 Å². The minimum absolute atomic E-state index is 0.0897. The molecule has 0 saturated carbocycles. The average molecular weight is 1060 g/mol. The van der Waals surface area contributed by atoms with Crippen molar-refractivity contribution in [1.29, 1.82) is 0 Å². The molecule has 2 aromatic heterocycles. The fourth-order valence-corrected chi connectivity index (χ4v) is 9.65. The van der Waals surface area contributed by atoms with Crippen molar-refractivity contribution in [2.24, 2.45) is 11.7 Å². The van der Waals surface area contributed by atoms with Gasteiger partial charge < -0.3 is 36.2 Å². The first-order valence-electron chi connectivity index (χ1n) is 21.8. The largest absolute Gasteiger partial charge is 0.391 e. The highest BCUT2D eigenvalue weighted by Crippen LogP contribution is 2.46. The van der Waals surface area contributed by atoms with Crippen LogP contribution in [0.15, 0.2) is 70.7 Å². The standard InChI is InChI=1S/C47H54F3IN8O7S/c1-26(2)40(38-20-27(3)57-66-38)45(63)59-24-32(60)23-47(59,46(52)64)34(29-8-10-30(11-9-29)43-28(4)55-25-67-43)22-39(61)54-18-6-5-16-53-17-7-19-65-58-44(62)33-13-14-35(48)41(50)42(33)56-37-15-12-31(51)21-36(37)49/h8-15,20-21,25-26,32,34,40,53,56,60H,5-7,16-19,22-24H2,1-4H3,(H2,52,64)(H,54,61)(H,58,62)/t32?,34-,40+,47?/m0/s1. The summed E-state index contributed by atoms with van der Waals surface area (Å²) in [5.74, 6) is -7.53. The van der Waals surface area contributed by atoms with Crippen molar-refractivity contribution in [2.75, 3.05) is 38.1 Å². The number of likely N-dealkylation sites (tertiary alicyclic amines) is 1. The molecule has 1 aliphatic heterocycles. The number of hydrogen-bond acceptors (Lipinski definition) is 12. The van der Waals surface area contributed by atoms with Crippen molar-refractivity contribution in [2.45, 2.75) is 83.3 Å². The van der Waals surface area contributed by atoms with Gasteiger partial charge in [0, 0.05) is 41.5 Å². The van der Waals surface area contributed by atoms with E-state index in [0.717, 1.165) is 28.3 Å². The minimum atomic E-state index is -1.77. The predicted octanol–water partition coefficient (Wildman–Crippen LogP) is 7.15. The Morgan fingerprint density at radius 2 is 1.73 bits per heavy atom. The van der Waals surface area contributed by atoms with Gasteiger partial charge in [0.15, 0.2) is 11.6 Å². The van der Waals surface area contributed by atoms with Crippen LogP contribution >= 0.6 is 33.9 Å². The Kier molecular flexibility index (Phi) is 17.5. The van der Waals surface area contributed by atoms with Gasteiger partial charge in [-0.05, 0) is 116 Å². The molecule has 5 aromatic rings. The van der Waals surface area contributed by atoms with Gasteiger partial charge >= 0.3 is 0 Å². The molecule has 67 heavy (non-hydrogen) atoms. The van der Waals surface area contributed by atoms with Crippen LogP contribution in [0.25, 0.3) is 10.4 Å². The van der Waals surface area contributed by atoms with Crippen LogP contribution in [0.1, 0.15) is 90.9 Å². The first-order valence-corrected chi connectivity index (χ1v) is 23.8. The summed E-state index contributed by atoms with van der Waals surface area (Å²) in [6.45, 7) is 8.70. The number of unbranched alkanes of at least 4 members (excludes halogenated alkanes) is 1. The Morgan fingerprint density at radius 1 is 1.00 bits per heavy atom. The zero-order valence-electron chi connectivity index (χ0n) is 37.5. The topological polar surface area (TPSA) is 214 Å². The third kappa shape index (κ3) is 12.2. The van der Waals surface area contributed by atoms with Crippen LogP contribution < -0.4 is 27.2 Å². The number of aliphatic hydroxyl groups is 1. The molecule has 4 amide bonds. The molecule has 1 saturated heterocycles. The maximum atomic E-state index is 14.8. The van der Waals surface area contributed by atoms with Gasteiger partial charge in [0.1, 0.15) is 23.0 Å². The molecule has 7 N–H and O–H groups in total. The molecule has 0 aliphatic carbocycles. The highest BCUT2D eigenvalue weighted by atomic mass is 127. The number of halogens is 4. The maximum absolute atomic E-state index is 14.8. The number of carbonyl (C=O) groups is 4. The van der Waals surface area contributed by atoms with Crippen LogP contribution in [0.5, 0.6) is 0 Å². The number of carbonyl (C=O) groups excluding carboxylic acids is 4. The number of β-amino-alcohol motifs (C(OH)–C–C–N with tert-alkyl or cyclic N) is 1. The summed E-state index contributed by atoms with van der Waals surface area (Å²) in [6.07, 6.45) is 0.292. The second-order valence-electron chi connectivity index (χ2n) is 16.8. The first-order chi connectivity index (χ1) is 32.0. The number of primary amides is 1. The third-order valence-corrected chi connectivity index (χ3v) is 13.3. The molecule has 1 fully saturated rings. The molecule has 0 radical (unpaired) electrons. The van der Waals surface area contributed by atoms with Gasteiger partial charge in [-0.15, -0.1) is 11.3 Å². The monoisotopic (exact) mass is 1060 g/mol. The molecule has 358 valence electrons. The van der Waals surface area contributed by atoms with E-state index in [4.69, 9.17) is 15.1 Å². The number of thiazole rings is 1. The van der Waals surface area contributed by atoms with Crippen LogP contribution in [-0.2, 0) is 19.2 Å². The van der Waals surface area contributed by atoms with E-state index >= 15 is 0 Å². The van der Waals surface area contributed by atoms with Crippen molar-refractivity contribution in [3.63, 3.8) is 0 Å². The molecule has 0 spiro atoms. The van der Waals surface area contributed by atoms with E-state index in [2.05, 4.69) is 31.6 Å². The smallest absolute Gasteiger partial charge is 0.277 e. The number of amides is 4. The number of anilines is 2. The minimum Gasteiger partial charge on any atom is -0.391 e. The Labute approximate surface area is 403 Å². The van der Waals surface area contributed by atoms with Crippen molar-refractivity contribution < 1.29 is 46.8 Å². The van der Waals surface area contributed by atoms with Crippen molar-refractivity contribution in [1.82, 2.24) is 31.2 Å². The number of nitrogens with one attached hydrogen (secondary N) is 4. The van der Waals surface area contributed by atoms with Gasteiger partial charge in [0.2, 0.25) is 17.7 Å². The summed E-state index contributed by atoms with van der Waals surface area (Å²) in [7, 11) is 0. The number of aromatic nitrogens is 2. The summed E-state index contributed by atoms with van der Waals surface area (Å²) < 4.78 is 49.4. The van der Waals surface area contributed by atoms with E-state index in [0.29, 0.717) is 59.5 Å². The lowest BCUT2D eigenvalue weighted by atomic mass is 9.73. The van der Waals surface area contributed by atoms with Gasteiger partial charge in [0.05, 0.1) is 51.4 Å². The summed E-state index contributed by atoms with van der Waals surface area (Å²) >= 11 is 3.40. The second-order valence-corrected chi connectivity index (χ2v) is 18.9. The molecule has 15 nitrogen and oxygen atoms in total. The predicted molar refractivity (Wildman–Crippen MR) is 255 cm³/mol. The molecule has 3 heterocycles. The van der Waals surface area contributed by atoms with Crippen LogP contribution in [0.3, 0.4) is 0 Å². The number of aryl methyl sites for hydroxylation is 2. The number of nitrogens with zero attached hydrogens (tertiary/aromatic N) is 3. The lowest BCUT2D eigenvalue weighted by Crippen LogP contribution is -2.61. The number of nitrogens with two attached hydrogens (primary N) is 1. The summed E-state index contributed by atoms with van der Waals surface area (Å²) in [5, 5.41) is 23.9. The van der Waals surface area contributed by atoms with Gasteiger partial charge in [-0.1, -0.05) is 43.3 Å². The lowest BCUT2D eigenvalue weighted by Gasteiger charge is -2.43. The SMILES string of the molecule is Cc1cc([C@H](C(=O)N2CC(O)CC2(C(N)=O)[C@@H](CC(=O)NCCCCNCCCONC(=O)c2ccc(F)c(F)c2Nc2ccc(I)cc2F)c2ccc(-c3scnc3C)cc2)C(C)C)on1. The third-order valence-electron chi connectivity index (χ3n) is 11.7. The van der Waals surface area contributed by atoms with E-state index in [1.807, 2.05) is 67.6 Å². The number of benzene rings is 3. The summed E-state index contributed by atoms with van der Waals surface area (Å²) in [6, 6.07) is 15.1. The molecule has 20 heteroatoms. The van der Waals surface area contributed by atoms with Crippen LogP contribution in [0.2, 0.25) is 0 Å². The molecule has 2 unspecified atom stereocenters. The fourth-order valence-electron chi connectivity index (χ4n) is 8.39. The van der Waals surface area contributed by atoms with Crippen LogP contribution in [0.4, 0.5) is 24.5 Å². The van der Waals surface area contributed by atoms with Crippen molar-refractivity contribution >= 4 is 68.9 Å². The molecule has 1 aliphatic rings. The van der Waals surface area contributed by atoms with Gasteiger partial charge in [-0.3, -0.25) is 24.0 Å². The zero-order valence-corrected chi connectivity index (χ0v) is 40.4. The van der Waals surface area contributed by atoms with E-state index in [-0.39, 0.29) is 49.1 Å². The summed E-state index contributed by atoms with van der Waals surface area (Å²) in [5.41, 5.74) is 10.5. The van der Waals surface area contributed by atoms with E-state index in [1.165, 1.54) is 28.4 Å². The highest BCUT2D eigenvalue weighted by molar-refractivity contribution is 14.1. The number of aliphatic hydroxyl groups excluding tert-OH is 1. The van der Waals surface area contributed by atoms with Crippen molar-refractivity contribution in [3.05, 3.63) is 115 Å². The number of hydrogen-bond donors (Lipinski definition) is 6. The molecule has 3 aromatic carbocycles. The van der Waals surface area contributed by atoms with E-state index < -0.39 is 64.3 Å². The average Bonchev–Trinajstić information content (AvgIpc) is 4.02. The van der Waals surface area contributed by atoms with Crippen molar-refractivity contribution in [3.8, 4) is 10.4 Å². The maximum Gasteiger partial charge on any atom is 0.277 e. The molecule has 6 rings (SSSR count). The fraction of sp³-hybridized carbons (Fsp3) is 0.404. The Bertz CT molecular complexity index is 2540. The Hall–Kier alpha value is -5.42. The second kappa shape index (κ2) is 23.1. The van der Waals surface area contributed by atoms with Gasteiger partial charge in [-0.25, -0.2) is 23.6 Å². The summed E-state index contributed by atoms with van der Waals surface area (Å²) in [4.78, 5) is 67.2. The van der Waals surface area contributed by atoms with Crippen LogP contribution in [0, 0.1) is 40.8 Å². The first kappa shape index (κ1) is 51.0. The van der Waals surface area contributed by atoms with Gasteiger partial charge in [-0.2, -0.15) is 0 Å². The molecular weight excluding hydrogens is 1000 g/mol. The number of rotatable bonds is 22. The zero-order chi connectivity index (χ0) is 48.4. The van der Waals surface area contributed by atoms with Crippen LogP contribution in [-0.4, -0.2) is 88.2 Å². The Morgan fingerprint density at radius 3 is 2.39 bits per heavy atom. The van der Waals surface area contributed by atoms with E-state index in [9.17, 15) is 37.5 Å². The number of hydroxylamine groups is 1. The highest BCUT2D eigenvalue weighted by Gasteiger charge is 2.58. The van der Waals surface area contributed by atoms with Gasteiger partial charge in [0.25, 0.3) is 5.91 Å². The molecular formula is C47H54F3IN8O7S. The quantitative estimate of drug-likeness (QED) is 0.0233. The normalized spacial score (nSPS) is 16.8.